The number of benzene rings is 2. The first-order valence-corrected chi connectivity index (χ1v) is 10.3. The van der Waals surface area contributed by atoms with Crippen molar-refractivity contribution in [1.82, 2.24) is 9.88 Å². The molecule has 0 bridgehead atoms. The van der Waals surface area contributed by atoms with Gasteiger partial charge in [-0.25, -0.2) is 8.78 Å². The van der Waals surface area contributed by atoms with Crippen LogP contribution in [-0.4, -0.2) is 28.9 Å². The van der Waals surface area contributed by atoms with E-state index in [1.165, 1.54) is 24.3 Å². The van der Waals surface area contributed by atoms with E-state index < -0.39 is 0 Å². The third-order valence-corrected chi connectivity index (χ3v) is 5.59. The molecule has 3 nitrogen and oxygen atoms in total. The van der Waals surface area contributed by atoms with Gasteiger partial charge in [0, 0.05) is 36.8 Å². The summed E-state index contributed by atoms with van der Waals surface area (Å²) in [6.45, 7) is 1.39. The summed E-state index contributed by atoms with van der Waals surface area (Å²) in [4.78, 5) is 19.5. The predicted molar refractivity (Wildman–Crippen MR) is 112 cm³/mol. The van der Waals surface area contributed by atoms with Crippen LogP contribution in [-0.2, 0) is 17.6 Å². The van der Waals surface area contributed by atoms with E-state index in [1.807, 2.05) is 23.1 Å². The van der Waals surface area contributed by atoms with E-state index in [4.69, 9.17) is 4.98 Å². The number of nitrogens with zero attached hydrogens (tertiary/aromatic N) is 2. The standard InChI is InChI=1S/C25H24F2N2O/c26-21-10-6-18(7-11-21)15-23-4-1-5-24(28-23)20-3-2-14-29(17-20)25(30)16-19-8-12-22(27)13-9-19/h1,4-13,20H,2-3,14-17H2/t20-/m0/s1. The van der Waals surface area contributed by atoms with E-state index in [2.05, 4.69) is 0 Å². The average molecular weight is 406 g/mol. The Balaban J connectivity index is 1.42. The van der Waals surface area contributed by atoms with Gasteiger partial charge >= 0.3 is 0 Å². The zero-order chi connectivity index (χ0) is 20.9. The first kappa shape index (κ1) is 20.2. The maximum Gasteiger partial charge on any atom is 0.227 e. The molecular weight excluding hydrogens is 382 g/mol. The van der Waals surface area contributed by atoms with Gasteiger partial charge in [0.05, 0.1) is 6.42 Å². The summed E-state index contributed by atoms with van der Waals surface area (Å²) in [5, 5.41) is 0. The van der Waals surface area contributed by atoms with Gasteiger partial charge in [-0.2, -0.15) is 0 Å². The Hall–Kier alpha value is -3.08. The number of hydrogen-bond acceptors (Lipinski definition) is 2. The molecule has 0 spiro atoms. The predicted octanol–water partition coefficient (Wildman–Crippen LogP) is 4.90. The number of hydrogen-bond donors (Lipinski definition) is 0. The SMILES string of the molecule is O=C(Cc1ccc(F)cc1)N1CCC[C@H](c2cccc(Cc3ccc(F)cc3)n2)C1. The Kier molecular flexibility index (Phi) is 6.17. The van der Waals surface area contributed by atoms with Crippen LogP contribution < -0.4 is 0 Å². The van der Waals surface area contributed by atoms with E-state index >= 15 is 0 Å². The van der Waals surface area contributed by atoms with E-state index in [0.29, 0.717) is 13.0 Å². The third kappa shape index (κ3) is 5.09. The lowest BCUT2D eigenvalue weighted by Crippen LogP contribution is -2.40. The first-order valence-electron chi connectivity index (χ1n) is 10.3. The van der Waals surface area contributed by atoms with Gasteiger partial charge in [0.2, 0.25) is 5.91 Å². The molecule has 1 amide bonds. The second-order valence-electron chi connectivity index (χ2n) is 7.84. The zero-order valence-electron chi connectivity index (χ0n) is 16.7. The van der Waals surface area contributed by atoms with Crippen LogP contribution in [0.25, 0.3) is 0 Å². The van der Waals surface area contributed by atoms with Crippen LogP contribution in [0.2, 0.25) is 0 Å². The molecule has 1 aliphatic rings. The smallest absolute Gasteiger partial charge is 0.227 e. The Morgan fingerprint density at radius 2 is 1.60 bits per heavy atom. The topological polar surface area (TPSA) is 33.2 Å². The van der Waals surface area contributed by atoms with Crippen molar-refractivity contribution in [3.8, 4) is 0 Å². The number of amides is 1. The number of aromatic nitrogens is 1. The molecule has 2 heterocycles. The number of carbonyl (C=O) groups is 1. The van der Waals surface area contributed by atoms with Crippen molar-refractivity contribution in [1.29, 1.82) is 0 Å². The van der Waals surface area contributed by atoms with Gasteiger partial charge in [0.15, 0.2) is 0 Å². The first-order chi connectivity index (χ1) is 14.6. The summed E-state index contributed by atoms with van der Waals surface area (Å²) in [7, 11) is 0. The van der Waals surface area contributed by atoms with Crippen molar-refractivity contribution in [2.75, 3.05) is 13.1 Å². The second kappa shape index (κ2) is 9.16. The van der Waals surface area contributed by atoms with Crippen molar-refractivity contribution < 1.29 is 13.6 Å². The molecule has 1 saturated heterocycles. The molecule has 1 atom stereocenters. The molecule has 0 aliphatic carbocycles. The Bertz CT molecular complexity index is 1000. The lowest BCUT2D eigenvalue weighted by Gasteiger charge is -2.32. The molecule has 4 rings (SSSR count). The summed E-state index contributed by atoms with van der Waals surface area (Å²) in [5.41, 5.74) is 3.77. The highest BCUT2D eigenvalue weighted by molar-refractivity contribution is 5.79. The molecule has 0 N–H and O–H groups in total. The number of piperidine rings is 1. The maximum absolute atomic E-state index is 13.1. The largest absolute Gasteiger partial charge is 0.342 e. The fourth-order valence-corrected chi connectivity index (χ4v) is 3.97. The van der Waals surface area contributed by atoms with Crippen molar-refractivity contribution in [3.05, 3.63) is 101 Å². The van der Waals surface area contributed by atoms with Crippen molar-refractivity contribution in [2.24, 2.45) is 0 Å². The monoisotopic (exact) mass is 406 g/mol. The molecule has 30 heavy (non-hydrogen) atoms. The molecule has 1 aliphatic heterocycles. The van der Waals surface area contributed by atoms with Gasteiger partial charge in [-0.15, -0.1) is 0 Å². The highest BCUT2D eigenvalue weighted by atomic mass is 19.1. The second-order valence-corrected chi connectivity index (χ2v) is 7.84. The van der Waals surface area contributed by atoms with Crippen LogP contribution in [0.4, 0.5) is 8.78 Å². The highest BCUT2D eigenvalue weighted by Gasteiger charge is 2.25. The molecule has 1 fully saturated rings. The van der Waals surface area contributed by atoms with Crippen molar-refractivity contribution in [2.45, 2.75) is 31.6 Å². The van der Waals surface area contributed by atoms with Crippen LogP contribution >= 0.6 is 0 Å². The summed E-state index contributed by atoms with van der Waals surface area (Å²) in [6, 6.07) is 18.6. The van der Waals surface area contributed by atoms with E-state index in [0.717, 1.165) is 41.9 Å². The highest BCUT2D eigenvalue weighted by Crippen LogP contribution is 2.26. The lowest BCUT2D eigenvalue weighted by molar-refractivity contribution is -0.131. The lowest BCUT2D eigenvalue weighted by atomic mass is 9.93. The minimum atomic E-state index is -0.296. The fourth-order valence-electron chi connectivity index (χ4n) is 3.97. The summed E-state index contributed by atoms with van der Waals surface area (Å²) < 4.78 is 26.2. The summed E-state index contributed by atoms with van der Waals surface area (Å²) >= 11 is 0. The Morgan fingerprint density at radius 3 is 2.30 bits per heavy atom. The van der Waals surface area contributed by atoms with E-state index in [-0.39, 0.29) is 29.9 Å². The van der Waals surface area contributed by atoms with E-state index in [9.17, 15) is 13.6 Å². The third-order valence-electron chi connectivity index (χ3n) is 5.59. The maximum atomic E-state index is 13.1. The van der Waals surface area contributed by atoms with Crippen LogP contribution in [0.3, 0.4) is 0 Å². The quantitative estimate of drug-likeness (QED) is 0.604. The molecule has 154 valence electrons. The van der Waals surface area contributed by atoms with Crippen LogP contribution in [0.15, 0.2) is 66.7 Å². The van der Waals surface area contributed by atoms with Crippen LogP contribution in [0.1, 0.15) is 41.3 Å². The van der Waals surface area contributed by atoms with Gasteiger partial charge < -0.3 is 4.90 Å². The average Bonchev–Trinajstić information content (AvgIpc) is 2.77. The minimum Gasteiger partial charge on any atom is -0.342 e. The number of likely N-dealkylation sites (tertiary alicyclic amines) is 1. The van der Waals surface area contributed by atoms with E-state index in [1.54, 1.807) is 24.3 Å². The van der Waals surface area contributed by atoms with Crippen LogP contribution in [0.5, 0.6) is 0 Å². The van der Waals surface area contributed by atoms with Crippen molar-refractivity contribution >= 4 is 5.91 Å². The number of carbonyl (C=O) groups excluding carboxylic acids is 1. The number of rotatable bonds is 5. The molecule has 0 saturated carbocycles. The molecule has 2 aromatic carbocycles. The molecular formula is C25H24F2N2O. The molecule has 1 aromatic heterocycles. The van der Waals surface area contributed by atoms with Gasteiger partial charge in [-0.1, -0.05) is 30.3 Å². The number of halogens is 2. The Labute approximate surface area is 175 Å². The van der Waals surface area contributed by atoms with Crippen molar-refractivity contribution in [3.63, 3.8) is 0 Å². The van der Waals surface area contributed by atoms with Crippen LogP contribution in [0, 0.1) is 11.6 Å². The van der Waals surface area contributed by atoms with Gasteiger partial charge in [0.1, 0.15) is 11.6 Å². The minimum absolute atomic E-state index is 0.0637. The van der Waals surface area contributed by atoms with Gasteiger partial charge in [-0.3, -0.25) is 9.78 Å². The Morgan fingerprint density at radius 1 is 0.933 bits per heavy atom. The summed E-state index contributed by atoms with van der Waals surface area (Å²) in [5.74, 6) is -0.276. The molecule has 0 radical (unpaired) electrons. The molecule has 5 heteroatoms. The number of pyridine rings is 1. The van der Waals surface area contributed by atoms with Gasteiger partial charge in [-0.05, 0) is 60.4 Å². The van der Waals surface area contributed by atoms with Gasteiger partial charge in [0.25, 0.3) is 0 Å². The fraction of sp³-hybridized carbons (Fsp3) is 0.280. The molecule has 3 aromatic rings. The zero-order valence-corrected chi connectivity index (χ0v) is 16.7. The summed E-state index contributed by atoms with van der Waals surface area (Å²) in [6.07, 6.45) is 2.86. The molecule has 0 unspecified atom stereocenters. The normalized spacial score (nSPS) is 16.5.